The van der Waals surface area contributed by atoms with Gasteiger partial charge in [0.1, 0.15) is 24.2 Å². The van der Waals surface area contributed by atoms with Crippen molar-refractivity contribution in [1.82, 2.24) is 25.8 Å². The van der Waals surface area contributed by atoms with Crippen LogP contribution in [-0.2, 0) is 28.8 Å². The fourth-order valence-electron chi connectivity index (χ4n) is 4.88. The van der Waals surface area contributed by atoms with Crippen LogP contribution in [0.1, 0.15) is 60.3 Å². The minimum atomic E-state index is -1.35. The van der Waals surface area contributed by atoms with Crippen LogP contribution in [0.3, 0.4) is 0 Å². The van der Waals surface area contributed by atoms with E-state index < -0.39 is 65.9 Å². The molecule has 2 heterocycles. The van der Waals surface area contributed by atoms with Gasteiger partial charge >= 0.3 is 0 Å². The maximum absolute atomic E-state index is 13.6. The van der Waals surface area contributed by atoms with Crippen molar-refractivity contribution in [2.45, 2.75) is 96.7 Å². The standard InChI is InChI=1S/C26H44N6O8/c1-13(2)14(3)23(37)28-12-19(35)29-21(16(5)34)26(40)32-11-7-9-18(32)25(39)31-10-6-8-17(31)24(38)30-20(15(4)33)22(27)36/h13-18,20-21,33-34H,6-12H2,1-5H3,(H2,27,36)(H,28,37)(H,29,35)(H,30,38)/t14?,15-,16-,17+,18+,20+,21+/m1/s1. The van der Waals surface area contributed by atoms with Gasteiger partial charge in [0.05, 0.1) is 18.8 Å². The van der Waals surface area contributed by atoms with Crippen LogP contribution in [0.25, 0.3) is 0 Å². The summed E-state index contributed by atoms with van der Waals surface area (Å²) in [6.45, 7) is 8.25. The van der Waals surface area contributed by atoms with Gasteiger partial charge in [0.25, 0.3) is 0 Å². The number of amides is 6. The first-order valence-corrected chi connectivity index (χ1v) is 13.8. The Bertz CT molecular complexity index is 971. The van der Waals surface area contributed by atoms with E-state index in [4.69, 9.17) is 5.73 Å². The second-order valence-electron chi connectivity index (χ2n) is 11.0. The van der Waals surface area contributed by atoms with E-state index in [-0.39, 0.29) is 37.4 Å². The molecule has 2 fully saturated rings. The van der Waals surface area contributed by atoms with E-state index in [1.165, 1.54) is 23.6 Å². The van der Waals surface area contributed by atoms with Crippen molar-refractivity contribution in [3.63, 3.8) is 0 Å². The molecule has 0 radical (unpaired) electrons. The number of primary amides is 1. The van der Waals surface area contributed by atoms with Crippen LogP contribution in [0.2, 0.25) is 0 Å². The summed E-state index contributed by atoms with van der Waals surface area (Å²) in [5.41, 5.74) is 5.27. The summed E-state index contributed by atoms with van der Waals surface area (Å²) in [7, 11) is 0. The van der Waals surface area contributed by atoms with E-state index >= 15 is 0 Å². The van der Waals surface area contributed by atoms with Crippen LogP contribution >= 0.6 is 0 Å². The third kappa shape index (κ3) is 8.13. The Labute approximate surface area is 234 Å². The summed E-state index contributed by atoms with van der Waals surface area (Å²) in [5, 5.41) is 27.5. The van der Waals surface area contributed by atoms with Gasteiger partial charge in [0.2, 0.25) is 35.4 Å². The first-order chi connectivity index (χ1) is 18.7. The van der Waals surface area contributed by atoms with E-state index in [0.29, 0.717) is 25.7 Å². The number of aliphatic hydroxyl groups excluding tert-OH is 2. The minimum absolute atomic E-state index is 0.0728. The Balaban J connectivity index is 2.09. The highest BCUT2D eigenvalue weighted by Crippen LogP contribution is 2.26. The molecule has 0 aromatic heterocycles. The number of nitrogens with two attached hydrogens (primary N) is 1. The number of hydrogen-bond donors (Lipinski definition) is 6. The lowest BCUT2D eigenvalue weighted by Gasteiger charge is -2.34. The maximum atomic E-state index is 13.6. The van der Waals surface area contributed by atoms with E-state index in [1.54, 1.807) is 6.92 Å². The topological polar surface area (TPSA) is 211 Å². The number of aliphatic hydroxyl groups is 2. The van der Waals surface area contributed by atoms with Gasteiger partial charge in [-0.25, -0.2) is 0 Å². The molecule has 0 aliphatic carbocycles. The molecule has 0 spiro atoms. The second-order valence-corrected chi connectivity index (χ2v) is 11.0. The van der Waals surface area contributed by atoms with Crippen molar-refractivity contribution in [2.75, 3.05) is 19.6 Å². The predicted molar refractivity (Wildman–Crippen MR) is 143 cm³/mol. The smallest absolute Gasteiger partial charge is 0.248 e. The molecule has 7 N–H and O–H groups in total. The molecular formula is C26H44N6O8. The number of nitrogens with one attached hydrogen (secondary N) is 3. The summed E-state index contributed by atoms with van der Waals surface area (Å²) in [5.74, 6) is -3.86. The molecule has 6 amide bonds. The molecule has 14 nitrogen and oxygen atoms in total. The Kier molecular flexibility index (Phi) is 11.9. The minimum Gasteiger partial charge on any atom is -0.391 e. The largest absolute Gasteiger partial charge is 0.391 e. The summed E-state index contributed by atoms with van der Waals surface area (Å²) >= 11 is 0. The van der Waals surface area contributed by atoms with Crippen molar-refractivity contribution in [3.8, 4) is 0 Å². The Morgan fingerprint density at radius 3 is 1.90 bits per heavy atom. The first-order valence-electron chi connectivity index (χ1n) is 13.8. The van der Waals surface area contributed by atoms with Gasteiger partial charge in [-0.2, -0.15) is 0 Å². The Hall–Kier alpha value is -3.26. The van der Waals surface area contributed by atoms with E-state index in [2.05, 4.69) is 16.0 Å². The zero-order chi connectivity index (χ0) is 30.3. The van der Waals surface area contributed by atoms with Crippen LogP contribution in [0.5, 0.6) is 0 Å². The maximum Gasteiger partial charge on any atom is 0.248 e. The molecular weight excluding hydrogens is 524 g/mol. The lowest BCUT2D eigenvalue weighted by atomic mass is 9.97. The Morgan fingerprint density at radius 2 is 1.38 bits per heavy atom. The SMILES string of the molecule is CC(C)C(C)C(=O)NCC(=O)N[C@H](C(=O)N1CCC[C@H]1C(=O)N1CCC[C@H]1C(=O)N[C@H](C(N)=O)[C@@H](C)O)[C@@H](C)O. The van der Waals surface area contributed by atoms with Crippen molar-refractivity contribution >= 4 is 35.4 Å². The van der Waals surface area contributed by atoms with Crippen molar-refractivity contribution in [1.29, 1.82) is 0 Å². The van der Waals surface area contributed by atoms with Crippen LogP contribution in [0, 0.1) is 11.8 Å². The van der Waals surface area contributed by atoms with Crippen LogP contribution in [-0.4, -0.2) is 111 Å². The zero-order valence-corrected chi connectivity index (χ0v) is 23.9. The molecule has 2 aliphatic rings. The monoisotopic (exact) mass is 568 g/mol. The quantitative estimate of drug-likeness (QED) is 0.149. The van der Waals surface area contributed by atoms with Crippen LogP contribution in [0.4, 0.5) is 0 Å². The van der Waals surface area contributed by atoms with Crippen LogP contribution < -0.4 is 21.7 Å². The average molecular weight is 569 g/mol. The highest BCUT2D eigenvalue weighted by molar-refractivity contribution is 5.96. The summed E-state index contributed by atoms with van der Waals surface area (Å²) in [6.07, 6.45) is -0.826. The number of rotatable bonds is 12. The third-order valence-corrected chi connectivity index (χ3v) is 7.65. The molecule has 40 heavy (non-hydrogen) atoms. The molecule has 0 bridgehead atoms. The summed E-state index contributed by atoms with van der Waals surface area (Å²) in [6, 6.07) is -4.48. The molecule has 0 aromatic rings. The fourth-order valence-corrected chi connectivity index (χ4v) is 4.88. The van der Waals surface area contributed by atoms with E-state index in [0.717, 1.165) is 0 Å². The van der Waals surface area contributed by atoms with Crippen LogP contribution in [0.15, 0.2) is 0 Å². The van der Waals surface area contributed by atoms with Crippen molar-refractivity contribution in [2.24, 2.45) is 17.6 Å². The lowest BCUT2D eigenvalue weighted by Crippen LogP contribution is -2.60. The molecule has 2 saturated heterocycles. The number of carbonyl (C=O) groups is 6. The molecule has 14 heteroatoms. The highest BCUT2D eigenvalue weighted by atomic mass is 16.3. The van der Waals surface area contributed by atoms with Crippen molar-refractivity contribution in [3.05, 3.63) is 0 Å². The normalized spacial score (nSPS) is 22.7. The number of likely N-dealkylation sites (tertiary alicyclic amines) is 2. The molecule has 226 valence electrons. The highest BCUT2D eigenvalue weighted by Gasteiger charge is 2.44. The molecule has 2 rings (SSSR count). The van der Waals surface area contributed by atoms with E-state index in [9.17, 15) is 39.0 Å². The molecule has 7 atom stereocenters. The molecule has 2 aliphatic heterocycles. The van der Waals surface area contributed by atoms with Gasteiger partial charge in [0, 0.05) is 19.0 Å². The lowest BCUT2D eigenvalue weighted by molar-refractivity contribution is -0.149. The second kappa shape index (κ2) is 14.4. The average Bonchev–Trinajstić information content (AvgIpc) is 3.57. The van der Waals surface area contributed by atoms with Gasteiger partial charge in [-0.3, -0.25) is 28.8 Å². The summed E-state index contributed by atoms with van der Waals surface area (Å²) in [4.78, 5) is 78.9. The van der Waals surface area contributed by atoms with Gasteiger partial charge < -0.3 is 41.7 Å². The predicted octanol–water partition coefficient (Wildman–Crippen LogP) is -2.41. The van der Waals surface area contributed by atoms with Gasteiger partial charge in [-0.1, -0.05) is 20.8 Å². The molecule has 0 saturated carbocycles. The number of carbonyl (C=O) groups excluding carboxylic acids is 6. The number of hydrogen-bond acceptors (Lipinski definition) is 8. The first kappa shape index (κ1) is 32.9. The number of nitrogens with zero attached hydrogens (tertiary/aromatic N) is 2. The zero-order valence-electron chi connectivity index (χ0n) is 23.9. The molecule has 0 aromatic carbocycles. The van der Waals surface area contributed by atoms with Gasteiger partial charge in [-0.05, 0) is 45.4 Å². The van der Waals surface area contributed by atoms with E-state index in [1.807, 2.05) is 13.8 Å². The summed E-state index contributed by atoms with van der Waals surface area (Å²) < 4.78 is 0. The fraction of sp³-hybridized carbons (Fsp3) is 0.769. The van der Waals surface area contributed by atoms with Crippen molar-refractivity contribution < 1.29 is 39.0 Å². The Morgan fingerprint density at radius 1 is 0.825 bits per heavy atom. The van der Waals surface area contributed by atoms with Gasteiger partial charge in [0.15, 0.2) is 0 Å². The van der Waals surface area contributed by atoms with Gasteiger partial charge in [-0.15, -0.1) is 0 Å². The molecule has 1 unspecified atom stereocenters. The third-order valence-electron chi connectivity index (χ3n) is 7.65.